The highest BCUT2D eigenvalue weighted by molar-refractivity contribution is 5.86. The van der Waals surface area contributed by atoms with Gasteiger partial charge in [-0.3, -0.25) is 4.79 Å². The predicted molar refractivity (Wildman–Crippen MR) is 50.1 cm³/mol. The lowest BCUT2D eigenvalue weighted by molar-refractivity contribution is -0.124. The van der Waals surface area contributed by atoms with Gasteiger partial charge in [-0.15, -0.1) is 0 Å². The van der Waals surface area contributed by atoms with Crippen molar-refractivity contribution in [2.24, 2.45) is 4.99 Å². The van der Waals surface area contributed by atoms with Crippen molar-refractivity contribution >= 4 is 12.0 Å². The first kappa shape index (κ1) is 11.6. The molecule has 0 saturated carbocycles. The second-order valence-corrected chi connectivity index (χ2v) is 2.64. The number of rotatable bonds is 6. The maximum atomic E-state index is 11.0. The van der Waals surface area contributed by atoms with Crippen LogP contribution in [0.2, 0.25) is 0 Å². The highest BCUT2D eigenvalue weighted by atomic mass is 16.2. The highest BCUT2D eigenvalue weighted by Crippen LogP contribution is 1.94. The van der Waals surface area contributed by atoms with Crippen LogP contribution in [-0.2, 0) is 9.59 Å². The molecule has 13 heavy (non-hydrogen) atoms. The molecule has 0 atom stereocenters. The third-order valence-corrected chi connectivity index (χ3v) is 1.63. The first-order valence-corrected chi connectivity index (χ1v) is 4.13. The van der Waals surface area contributed by atoms with Gasteiger partial charge in [-0.25, -0.2) is 9.79 Å². The van der Waals surface area contributed by atoms with E-state index in [1.165, 1.54) is 12.2 Å². The predicted octanol–water partition coefficient (Wildman–Crippen LogP) is 0.747. The second-order valence-electron chi connectivity index (χ2n) is 2.64. The Balaban J connectivity index is 3.47. The lowest BCUT2D eigenvalue weighted by Crippen LogP contribution is -2.25. The maximum Gasteiger partial charge on any atom is 0.245 e. The summed E-state index contributed by atoms with van der Waals surface area (Å²) in [7, 11) is 1.72. The van der Waals surface area contributed by atoms with E-state index in [1.807, 2.05) is 0 Å². The van der Waals surface area contributed by atoms with Crippen LogP contribution in [0.15, 0.2) is 17.6 Å². The summed E-state index contributed by atoms with van der Waals surface area (Å²) in [5, 5.41) is 0. The maximum absolute atomic E-state index is 11.0. The topological polar surface area (TPSA) is 49.7 Å². The molecule has 0 saturated heterocycles. The van der Waals surface area contributed by atoms with E-state index in [-0.39, 0.29) is 5.91 Å². The lowest BCUT2D eigenvalue weighted by Gasteiger charge is -2.13. The molecule has 1 amide bonds. The van der Waals surface area contributed by atoms with Crippen LogP contribution in [0, 0.1) is 0 Å². The first-order valence-electron chi connectivity index (χ1n) is 4.13. The van der Waals surface area contributed by atoms with Gasteiger partial charge >= 0.3 is 0 Å². The van der Waals surface area contributed by atoms with E-state index in [2.05, 4.69) is 11.6 Å². The molecule has 0 aromatic rings. The van der Waals surface area contributed by atoms with Crippen molar-refractivity contribution < 1.29 is 9.59 Å². The van der Waals surface area contributed by atoms with Crippen LogP contribution in [0.25, 0.3) is 0 Å². The van der Waals surface area contributed by atoms with Crippen molar-refractivity contribution in [2.75, 3.05) is 20.1 Å². The minimum Gasteiger partial charge on any atom is -0.342 e. The Morgan fingerprint density at radius 2 is 2.31 bits per heavy atom. The van der Waals surface area contributed by atoms with Gasteiger partial charge in [0.1, 0.15) is 0 Å². The quantitative estimate of drug-likeness (QED) is 0.263. The number of aliphatic imine (C=N–C) groups is 1. The molecule has 0 aromatic carbocycles. The molecule has 0 N–H and O–H groups in total. The van der Waals surface area contributed by atoms with Crippen LogP contribution >= 0.6 is 0 Å². The van der Waals surface area contributed by atoms with Gasteiger partial charge in [0.05, 0.1) is 6.54 Å². The van der Waals surface area contributed by atoms with E-state index >= 15 is 0 Å². The molecule has 0 radical (unpaired) electrons. The smallest absolute Gasteiger partial charge is 0.245 e. The van der Waals surface area contributed by atoms with E-state index < -0.39 is 0 Å². The van der Waals surface area contributed by atoms with Gasteiger partial charge in [0.15, 0.2) is 0 Å². The molecule has 0 aromatic heterocycles. The molecule has 0 spiro atoms. The molecule has 0 aliphatic rings. The van der Waals surface area contributed by atoms with Crippen LogP contribution in [-0.4, -0.2) is 37.0 Å². The van der Waals surface area contributed by atoms with E-state index in [1.54, 1.807) is 11.9 Å². The molecular weight excluding hydrogens is 168 g/mol. The molecule has 0 aliphatic heterocycles. The number of nitrogens with zero attached hydrogens (tertiary/aromatic N) is 2. The molecule has 72 valence electrons. The van der Waals surface area contributed by atoms with Crippen molar-refractivity contribution in [3.8, 4) is 0 Å². The van der Waals surface area contributed by atoms with Gasteiger partial charge in [-0.1, -0.05) is 6.58 Å². The summed E-state index contributed by atoms with van der Waals surface area (Å²) in [6, 6.07) is 0. The standard InChI is InChI=1S/C9H14N2O2/c1-3-9(13)11(2)7-5-4-6-10-8-12/h3H,1,4-7H2,2H3. The summed E-state index contributed by atoms with van der Waals surface area (Å²) in [4.78, 5) is 25.6. The normalized spacial score (nSPS) is 8.69. The molecule has 0 rings (SSSR count). The molecule has 4 heteroatoms. The minimum absolute atomic E-state index is 0.0844. The van der Waals surface area contributed by atoms with Crippen molar-refractivity contribution in [1.29, 1.82) is 0 Å². The van der Waals surface area contributed by atoms with Crippen molar-refractivity contribution in [1.82, 2.24) is 4.90 Å². The second kappa shape index (κ2) is 7.25. The van der Waals surface area contributed by atoms with Gasteiger partial charge in [0.25, 0.3) is 0 Å². The fourth-order valence-electron chi connectivity index (χ4n) is 0.852. The molecule has 0 heterocycles. The number of hydrogen-bond acceptors (Lipinski definition) is 3. The van der Waals surface area contributed by atoms with Crippen LogP contribution in [0.4, 0.5) is 0 Å². The summed E-state index contributed by atoms with van der Waals surface area (Å²) < 4.78 is 0. The molecule has 0 unspecified atom stereocenters. The Hall–Kier alpha value is -1.41. The number of isocyanates is 1. The van der Waals surface area contributed by atoms with E-state index in [9.17, 15) is 9.59 Å². The highest BCUT2D eigenvalue weighted by Gasteiger charge is 2.01. The zero-order valence-electron chi connectivity index (χ0n) is 7.82. The fourth-order valence-corrected chi connectivity index (χ4v) is 0.852. The van der Waals surface area contributed by atoms with Crippen molar-refractivity contribution in [3.63, 3.8) is 0 Å². The summed E-state index contributed by atoms with van der Waals surface area (Å²) in [6.07, 6.45) is 4.38. The van der Waals surface area contributed by atoms with Crippen LogP contribution in [0.1, 0.15) is 12.8 Å². The van der Waals surface area contributed by atoms with Gasteiger partial charge in [-0.2, -0.15) is 0 Å². The van der Waals surface area contributed by atoms with Crippen molar-refractivity contribution in [3.05, 3.63) is 12.7 Å². The number of likely N-dealkylation sites (N-methyl/N-ethyl adjacent to an activating group) is 1. The van der Waals surface area contributed by atoms with Gasteiger partial charge in [0.2, 0.25) is 12.0 Å². The average Bonchev–Trinajstić information content (AvgIpc) is 2.16. The van der Waals surface area contributed by atoms with Gasteiger partial charge in [-0.05, 0) is 18.9 Å². The van der Waals surface area contributed by atoms with Crippen LogP contribution in [0.3, 0.4) is 0 Å². The zero-order chi connectivity index (χ0) is 10.1. The molecule has 0 aliphatic carbocycles. The third kappa shape index (κ3) is 5.82. The molecular formula is C9H14N2O2. The Kier molecular flexibility index (Phi) is 6.46. The summed E-state index contributed by atoms with van der Waals surface area (Å²) in [5.74, 6) is -0.0844. The Morgan fingerprint density at radius 1 is 1.62 bits per heavy atom. The number of amides is 1. The van der Waals surface area contributed by atoms with Crippen molar-refractivity contribution in [2.45, 2.75) is 12.8 Å². The zero-order valence-corrected chi connectivity index (χ0v) is 7.82. The number of unbranched alkanes of at least 4 members (excludes halogenated alkanes) is 1. The Labute approximate surface area is 77.9 Å². The number of carbonyl (C=O) groups is 1. The molecule has 0 fully saturated rings. The van der Waals surface area contributed by atoms with Crippen LogP contribution in [0.5, 0.6) is 0 Å². The van der Waals surface area contributed by atoms with E-state index in [0.717, 1.165) is 12.8 Å². The summed E-state index contributed by atoms with van der Waals surface area (Å²) >= 11 is 0. The van der Waals surface area contributed by atoms with Gasteiger partial charge in [0, 0.05) is 13.6 Å². The fraction of sp³-hybridized carbons (Fsp3) is 0.556. The third-order valence-electron chi connectivity index (χ3n) is 1.63. The molecule has 0 bridgehead atoms. The van der Waals surface area contributed by atoms with Crippen LogP contribution < -0.4 is 0 Å². The first-order chi connectivity index (χ1) is 6.22. The average molecular weight is 182 g/mol. The van der Waals surface area contributed by atoms with Gasteiger partial charge < -0.3 is 4.90 Å². The van der Waals surface area contributed by atoms with E-state index in [4.69, 9.17) is 0 Å². The Morgan fingerprint density at radius 3 is 2.85 bits per heavy atom. The lowest BCUT2D eigenvalue weighted by atomic mass is 10.3. The largest absolute Gasteiger partial charge is 0.342 e. The number of carbonyl (C=O) groups excluding carboxylic acids is 2. The van der Waals surface area contributed by atoms with E-state index in [0.29, 0.717) is 13.1 Å². The Bertz CT molecular complexity index is 220. The summed E-state index contributed by atoms with van der Waals surface area (Å²) in [5.41, 5.74) is 0. The monoisotopic (exact) mass is 182 g/mol. The summed E-state index contributed by atoms with van der Waals surface area (Å²) in [6.45, 7) is 4.53. The minimum atomic E-state index is -0.0844. The SMILES string of the molecule is C=CC(=O)N(C)CCCCN=C=O. The number of hydrogen-bond donors (Lipinski definition) is 0. The molecule has 4 nitrogen and oxygen atoms in total.